The molecule has 0 saturated carbocycles. The Labute approximate surface area is 146 Å². The average molecular weight is 360 g/mol. The van der Waals surface area contributed by atoms with Gasteiger partial charge in [0, 0.05) is 12.1 Å². The highest BCUT2D eigenvalue weighted by Gasteiger charge is 2.20. The van der Waals surface area contributed by atoms with Crippen LogP contribution >= 0.6 is 0 Å². The van der Waals surface area contributed by atoms with Crippen molar-refractivity contribution in [2.24, 2.45) is 4.36 Å². The second kappa shape index (κ2) is 9.33. The van der Waals surface area contributed by atoms with Gasteiger partial charge in [-0.3, -0.25) is 4.79 Å². The van der Waals surface area contributed by atoms with Crippen LogP contribution in [0.25, 0.3) is 0 Å². The monoisotopic (exact) mass is 360 g/mol. The second-order valence-corrected chi connectivity index (χ2v) is 5.61. The Hall–Kier alpha value is -3.00. The van der Waals surface area contributed by atoms with Crippen LogP contribution in [0.15, 0.2) is 59.0 Å². The van der Waals surface area contributed by atoms with Crippen LogP contribution in [0.5, 0.6) is 0 Å². The molecule has 1 aliphatic heterocycles. The first-order valence-electron chi connectivity index (χ1n) is 7.45. The smallest absolute Gasteiger partial charge is 0.447 e. The molecule has 130 valence electrons. The molecule has 7 nitrogen and oxygen atoms in total. The van der Waals surface area contributed by atoms with E-state index >= 15 is 0 Å². The van der Waals surface area contributed by atoms with E-state index in [9.17, 15) is 18.0 Å². The molecule has 2 amide bonds. The van der Waals surface area contributed by atoms with Gasteiger partial charge in [-0.15, -0.1) is 0 Å². The van der Waals surface area contributed by atoms with E-state index in [0.29, 0.717) is 12.8 Å². The number of anilines is 1. The number of ether oxygens (including phenoxy) is 1. The van der Waals surface area contributed by atoms with Gasteiger partial charge in [0.2, 0.25) is 5.91 Å². The van der Waals surface area contributed by atoms with E-state index < -0.39 is 16.6 Å². The lowest BCUT2D eigenvalue weighted by Crippen LogP contribution is -2.05. The summed E-state index contributed by atoms with van der Waals surface area (Å²) >= 11 is 0. The summed E-state index contributed by atoms with van der Waals surface area (Å²) in [4.78, 5) is 22.2. The molecule has 1 heterocycles. The molecule has 0 radical (unpaired) electrons. The molecule has 0 aliphatic carbocycles. The number of hydrogen-bond donors (Lipinski definition) is 1. The summed E-state index contributed by atoms with van der Waals surface area (Å²) < 4.78 is 27.6. The molecule has 0 spiro atoms. The van der Waals surface area contributed by atoms with Crippen LogP contribution in [0.3, 0.4) is 0 Å². The molecule has 2 aromatic carbocycles. The maximum Gasteiger partial charge on any atom is 0.448 e. The standard InChI is InChI=1S/C11H10N2O5S.C6H6/c14-10-6-8-7(2-1-3-9(8)12-10)4-5-18-11(15)13-19(16)17;1-2-4-6-5-3-1/h1-3H,4-6H2,(H,12,14);1-6H. The summed E-state index contributed by atoms with van der Waals surface area (Å²) in [6.07, 6.45) is -0.450. The Morgan fingerprint density at radius 3 is 2.32 bits per heavy atom. The van der Waals surface area contributed by atoms with E-state index in [1.54, 1.807) is 12.1 Å². The molecule has 8 heteroatoms. The summed E-state index contributed by atoms with van der Waals surface area (Å²) in [5.41, 5.74) is 2.53. The van der Waals surface area contributed by atoms with Crippen molar-refractivity contribution in [2.45, 2.75) is 12.8 Å². The SMILES string of the molecule is O=C1Cc2c(CCOC(=O)N=S(=O)=O)cccc2N1.c1ccccc1. The number of nitrogens with one attached hydrogen (secondary N) is 1. The molecule has 0 unspecified atom stereocenters. The third kappa shape index (κ3) is 6.19. The average Bonchev–Trinajstić information content (AvgIpc) is 2.97. The first kappa shape index (κ1) is 18.3. The van der Waals surface area contributed by atoms with Crippen LogP contribution in [0.2, 0.25) is 0 Å². The van der Waals surface area contributed by atoms with E-state index in [0.717, 1.165) is 16.8 Å². The third-order valence-corrected chi connectivity index (χ3v) is 3.60. The topological polar surface area (TPSA) is 102 Å². The zero-order valence-electron chi connectivity index (χ0n) is 13.2. The summed E-state index contributed by atoms with van der Waals surface area (Å²) in [5.74, 6) is -0.0730. The molecule has 1 N–H and O–H groups in total. The summed E-state index contributed by atoms with van der Waals surface area (Å²) in [7, 11) is -2.80. The van der Waals surface area contributed by atoms with Crippen LogP contribution in [0.4, 0.5) is 10.5 Å². The van der Waals surface area contributed by atoms with Gasteiger partial charge < -0.3 is 10.1 Å². The minimum atomic E-state index is -2.80. The number of nitrogens with zero attached hydrogens (tertiary/aromatic N) is 1. The minimum absolute atomic E-state index is 0.00414. The maximum atomic E-state index is 11.3. The zero-order chi connectivity index (χ0) is 18.1. The lowest BCUT2D eigenvalue weighted by molar-refractivity contribution is -0.115. The van der Waals surface area contributed by atoms with Crippen LogP contribution < -0.4 is 5.32 Å². The van der Waals surface area contributed by atoms with Crippen molar-refractivity contribution in [3.8, 4) is 0 Å². The molecular weight excluding hydrogens is 344 g/mol. The quantitative estimate of drug-likeness (QED) is 0.906. The number of carbonyl (C=O) groups excluding carboxylic acids is 2. The fraction of sp³-hybridized carbons (Fsp3) is 0.176. The number of benzene rings is 2. The van der Waals surface area contributed by atoms with Crippen LogP contribution in [0, 0.1) is 0 Å². The first-order chi connectivity index (χ1) is 12.1. The number of fused-ring (bicyclic) bond motifs is 1. The molecule has 0 fully saturated rings. The lowest BCUT2D eigenvalue weighted by atomic mass is 10.0. The third-order valence-electron chi connectivity index (χ3n) is 3.30. The first-order valence-corrected chi connectivity index (χ1v) is 8.48. The summed E-state index contributed by atoms with van der Waals surface area (Å²) in [6, 6.07) is 17.4. The molecule has 25 heavy (non-hydrogen) atoms. The van der Waals surface area contributed by atoms with Gasteiger partial charge >= 0.3 is 16.6 Å². The normalized spacial score (nSPS) is 11.4. The number of rotatable bonds is 3. The highest BCUT2D eigenvalue weighted by atomic mass is 32.2. The van der Waals surface area contributed by atoms with Gasteiger partial charge in [0.05, 0.1) is 13.0 Å². The molecule has 3 rings (SSSR count). The van der Waals surface area contributed by atoms with Crippen molar-refractivity contribution in [1.29, 1.82) is 0 Å². The van der Waals surface area contributed by atoms with Gasteiger partial charge in [0.25, 0.3) is 0 Å². The predicted molar refractivity (Wildman–Crippen MR) is 91.6 cm³/mol. The van der Waals surface area contributed by atoms with Crippen molar-refractivity contribution in [3.63, 3.8) is 0 Å². The zero-order valence-corrected chi connectivity index (χ0v) is 14.0. The molecular formula is C17H16N2O5S. The highest BCUT2D eigenvalue weighted by molar-refractivity contribution is 7.62. The van der Waals surface area contributed by atoms with Gasteiger partial charge in [-0.2, -0.15) is 8.42 Å². The summed E-state index contributed by atoms with van der Waals surface area (Å²) in [6.45, 7) is 0.00414. The van der Waals surface area contributed by atoms with Crippen molar-refractivity contribution in [3.05, 3.63) is 65.7 Å². The maximum absolute atomic E-state index is 11.3. The van der Waals surface area contributed by atoms with Crippen LogP contribution in [-0.4, -0.2) is 27.0 Å². The Bertz CT molecular complexity index is 844. The number of amides is 2. The van der Waals surface area contributed by atoms with Crippen molar-refractivity contribution in [2.75, 3.05) is 11.9 Å². The summed E-state index contributed by atoms with van der Waals surface area (Å²) in [5, 5.41) is 2.72. The van der Waals surface area contributed by atoms with Crippen LogP contribution in [-0.2, 0) is 32.9 Å². The highest BCUT2D eigenvalue weighted by Crippen LogP contribution is 2.26. The molecule has 2 aromatic rings. The Morgan fingerprint density at radius 2 is 1.72 bits per heavy atom. The fourth-order valence-corrected chi connectivity index (χ4v) is 2.44. The molecule has 0 bridgehead atoms. The van der Waals surface area contributed by atoms with E-state index in [1.165, 1.54) is 0 Å². The van der Waals surface area contributed by atoms with E-state index in [1.807, 2.05) is 42.5 Å². The van der Waals surface area contributed by atoms with Gasteiger partial charge in [0.1, 0.15) is 0 Å². The van der Waals surface area contributed by atoms with E-state index in [-0.39, 0.29) is 12.5 Å². The van der Waals surface area contributed by atoms with Gasteiger partial charge in [-0.05, 0) is 17.2 Å². The Kier molecular flexibility index (Phi) is 6.85. The fourth-order valence-electron chi connectivity index (χ4n) is 2.27. The van der Waals surface area contributed by atoms with E-state index in [2.05, 4.69) is 14.4 Å². The Balaban J connectivity index is 0.000000316. The molecule has 0 aromatic heterocycles. The van der Waals surface area contributed by atoms with E-state index in [4.69, 9.17) is 0 Å². The molecule has 1 aliphatic rings. The van der Waals surface area contributed by atoms with Crippen LogP contribution in [0.1, 0.15) is 11.1 Å². The molecule has 0 saturated heterocycles. The van der Waals surface area contributed by atoms with Crippen molar-refractivity contribution >= 4 is 28.2 Å². The van der Waals surface area contributed by atoms with Gasteiger partial charge in [-0.1, -0.05) is 52.9 Å². The minimum Gasteiger partial charge on any atom is -0.447 e. The largest absolute Gasteiger partial charge is 0.448 e. The van der Waals surface area contributed by atoms with Crippen molar-refractivity contribution < 1.29 is 22.7 Å². The second-order valence-electron chi connectivity index (χ2n) is 5.00. The van der Waals surface area contributed by atoms with Crippen molar-refractivity contribution in [1.82, 2.24) is 0 Å². The lowest BCUT2D eigenvalue weighted by Gasteiger charge is -2.06. The van der Waals surface area contributed by atoms with Gasteiger partial charge in [-0.25, -0.2) is 4.79 Å². The Morgan fingerprint density at radius 1 is 1.08 bits per heavy atom. The van der Waals surface area contributed by atoms with Gasteiger partial charge in [0.15, 0.2) is 0 Å². The molecule has 0 atom stereocenters. The number of hydrogen-bond acceptors (Lipinski definition) is 5. The number of carbonyl (C=O) groups is 2. The predicted octanol–water partition coefficient (Wildman–Crippen LogP) is 2.61.